The number of aromatic nitrogens is 4. The minimum atomic E-state index is -0.146. The molecular formula is C10H13N5O. The Morgan fingerprint density at radius 1 is 1.50 bits per heavy atom. The summed E-state index contributed by atoms with van der Waals surface area (Å²) >= 11 is 0. The van der Waals surface area contributed by atoms with Gasteiger partial charge in [0, 0.05) is 31.5 Å². The molecule has 0 bridgehead atoms. The predicted octanol–water partition coefficient (Wildman–Crippen LogP) is 0.469. The molecule has 0 unspecified atom stereocenters. The second-order valence-electron chi connectivity index (χ2n) is 3.38. The number of nitrogens with one attached hydrogen (secondary N) is 2. The van der Waals surface area contributed by atoms with Gasteiger partial charge in [0.15, 0.2) is 0 Å². The van der Waals surface area contributed by atoms with Crippen LogP contribution >= 0.6 is 0 Å². The van der Waals surface area contributed by atoms with Crippen LogP contribution in [0.4, 0.5) is 5.82 Å². The van der Waals surface area contributed by atoms with E-state index in [0.717, 1.165) is 19.5 Å². The summed E-state index contributed by atoms with van der Waals surface area (Å²) in [6, 6.07) is 1.44. The lowest BCUT2D eigenvalue weighted by Crippen LogP contribution is -2.11. The third-order valence-electron chi connectivity index (χ3n) is 2.14. The van der Waals surface area contributed by atoms with Gasteiger partial charge in [-0.3, -0.25) is 4.79 Å². The first-order chi connectivity index (χ1) is 7.84. The Bertz CT molecular complexity index is 476. The van der Waals surface area contributed by atoms with Crippen molar-refractivity contribution in [2.75, 3.05) is 11.9 Å². The molecule has 0 atom stereocenters. The Balaban J connectivity index is 1.74. The molecule has 0 amide bonds. The van der Waals surface area contributed by atoms with Crippen LogP contribution in [0.2, 0.25) is 0 Å². The molecular weight excluding hydrogens is 206 g/mol. The Labute approximate surface area is 92.4 Å². The molecule has 6 heteroatoms. The van der Waals surface area contributed by atoms with Crippen molar-refractivity contribution >= 4 is 5.82 Å². The first-order valence-corrected chi connectivity index (χ1v) is 5.09. The molecule has 0 aliphatic rings. The van der Waals surface area contributed by atoms with Crippen LogP contribution in [0.25, 0.3) is 0 Å². The van der Waals surface area contributed by atoms with Crippen molar-refractivity contribution in [1.29, 1.82) is 0 Å². The van der Waals surface area contributed by atoms with Gasteiger partial charge >= 0.3 is 0 Å². The summed E-state index contributed by atoms with van der Waals surface area (Å²) < 4.78 is 2.01. The van der Waals surface area contributed by atoms with Crippen molar-refractivity contribution in [2.24, 2.45) is 0 Å². The first-order valence-electron chi connectivity index (χ1n) is 5.09. The highest BCUT2D eigenvalue weighted by Gasteiger charge is 1.94. The number of aryl methyl sites for hydroxylation is 1. The number of aromatic amines is 1. The van der Waals surface area contributed by atoms with Gasteiger partial charge < -0.3 is 14.9 Å². The standard InChI is InChI=1S/C10H13N5O/c16-10-6-9(13-7-14-10)12-2-1-4-15-5-3-11-8-15/h3,5-8H,1-2,4H2,(H2,12,13,14,16). The molecule has 84 valence electrons. The Hall–Kier alpha value is -2.11. The lowest BCUT2D eigenvalue weighted by molar-refractivity contribution is 0.660. The molecule has 2 N–H and O–H groups in total. The van der Waals surface area contributed by atoms with Crippen LogP contribution in [0.1, 0.15) is 6.42 Å². The van der Waals surface area contributed by atoms with Crippen LogP contribution in [0, 0.1) is 0 Å². The van der Waals surface area contributed by atoms with Gasteiger partial charge in [0.2, 0.25) is 0 Å². The minimum absolute atomic E-state index is 0.146. The fourth-order valence-electron chi connectivity index (χ4n) is 1.36. The molecule has 0 aliphatic carbocycles. The summed E-state index contributed by atoms with van der Waals surface area (Å²) in [6.07, 6.45) is 7.80. The number of anilines is 1. The van der Waals surface area contributed by atoms with Crippen LogP contribution in [0.3, 0.4) is 0 Å². The Morgan fingerprint density at radius 2 is 2.44 bits per heavy atom. The molecule has 6 nitrogen and oxygen atoms in total. The van der Waals surface area contributed by atoms with Crippen molar-refractivity contribution in [1.82, 2.24) is 19.5 Å². The van der Waals surface area contributed by atoms with Crippen LogP contribution in [-0.4, -0.2) is 26.1 Å². The van der Waals surface area contributed by atoms with E-state index >= 15 is 0 Å². The fourth-order valence-corrected chi connectivity index (χ4v) is 1.36. The van der Waals surface area contributed by atoms with Gasteiger partial charge in [-0.15, -0.1) is 0 Å². The molecule has 0 fully saturated rings. The molecule has 16 heavy (non-hydrogen) atoms. The van der Waals surface area contributed by atoms with E-state index < -0.39 is 0 Å². The zero-order valence-corrected chi connectivity index (χ0v) is 8.76. The van der Waals surface area contributed by atoms with Crippen LogP contribution < -0.4 is 10.9 Å². The third kappa shape index (κ3) is 2.94. The van der Waals surface area contributed by atoms with Crippen LogP contribution in [0.5, 0.6) is 0 Å². The number of nitrogens with zero attached hydrogens (tertiary/aromatic N) is 3. The quantitative estimate of drug-likeness (QED) is 0.717. The summed E-state index contributed by atoms with van der Waals surface area (Å²) in [5.41, 5.74) is -0.146. The van der Waals surface area contributed by atoms with Crippen molar-refractivity contribution in [3.63, 3.8) is 0 Å². The van der Waals surface area contributed by atoms with Crippen molar-refractivity contribution in [2.45, 2.75) is 13.0 Å². The number of hydrogen-bond acceptors (Lipinski definition) is 4. The monoisotopic (exact) mass is 219 g/mol. The molecule has 2 aromatic rings. The largest absolute Gasteiger partial charge is 0.370 e. The van der Waals surface area contributed by atoms with Crippen LogP contribution in [0.15, 0.2) is 35.9 Å². The highest BCUT2D eigenvalue weighted by molar-refractivity contribution is 5.31. The lowest BCUT2D eigenvalue weighted by Gasteiger charge is -2.04. The number of imidazole rings is 1. The van der Waals surface area contributed by atoms with Gasteiger partial charge in [-0.2, -0.15) is 0 Å². The summed E-state index contributed by atoms with van der Waals surface area (Å²) in [4.78, 5) is 21.4. The minimum Gasteiger partial charge on any atom is -0.370 e. The fraction of sp³-hybridized carbons (Fsp3) is 0.300. The summed E-state index contributed by atoms with van der Waals surface area (Å²) in [5.74, 6) is 0.606. The molecule has 2 heterocycles. The molecule has 0 aliphatic heterocycles. The highest BCUT2D eigenvalue weighted by Crippen LogP contribution is 1.96. The molecule has 0 radical (unpaired) electrons. The van der Waals surface area contributed by atoms with E-state index in [4.69, 9.17) is 0 Å². The van der Waals surface area contributed by atoms with Crippen molar-refractivity contribution in [3.8, 4) is 0 Å². The second-order valence-corrected chi connectivity index (χ2v) is 3.38. The zero-order chi connectivity index (χ0) is 11.2. The van der Waals surface area contributed by atoms with Crippen molar-refractivity contribution < 1.29 is 0 Å². The second kappa shape index (κ2) is 5.11. The average molecular weight is 219 g/mol. The molecule has 0 saturated carbocycles. The maximum atomic E-state index is 11.0. The number of rotatable bonds is 5. The topological polar surface area (TPSA) is 75.6 Å². The zero-order valence-electron chi connectivity index (χ0n) is 8.76. The van der Waals surface area contributed by atoms with E-state index in [1.165, 1.54) is 12.4 Å². The maximum absolute atomic E-state index is 11.0. The molecule has 2 rings (SSSR count). The SMILES string of the molecule is O=c1cc(NCCCn2ccnc2)nc[nH]1. The van der Waals surface area contributed by atoms with Crippen molar-refractivity contribution in [3.05, 3.63) is 41.5 Å². The first kappa shape index (κ1) is 10.4. The Kier molecular flexibility index (Phi) is 3.32. The molecule has 2 aromatic heterocycles. The van der Waals surface area contributed by atoms with E-state index in [0.29, 0.717) is 5.82 Å². The molecule has 0 spiro atoms. The lowest BCUT2D eigenvalue weighted by atomic mass is 10.4. The van der Waals surface area contributed by atoms with Gasteiger partial charge in [0.05, 0.1) is 12.7 Å². The van der Waals surface area contributed by atoms with Gasteiger partial charge in [-0.05, 0) is 6.42 Å². The van der Waals surface area contributed by atoms with E-state index in [1.807, 2.05) is 10.8 Å². The summed E-state index contributed by atoms with van der Waals surface area (Å²) in [6.45, 7) is 1.67. The smallest absolute Gasteiger partial charge is 0.252 e. The third-order valence-corrected chi connectivity index (χ3v) is 2.14. The summed E-state index contributed by atoms with van der Waals surface area (Å²) in [5, 5.41) is 3.08. The normalized spacial score (nSPS) is 10.2. The molecule has 0 saturated heterocycles. The summed E-state index contributed by atoms with van der Waals surface area (Å²) in [7, 11) is 0. The average Bonchev–Trinajstić information content (AvgIpc) is 2.77. The van der Waals surface area contributed by atoms with Gasteiger partial charge in [-0.25, -0.2) is 9.97 Å². The van der Waals surface area contributed by atoms with Crippen LogP contribution in [-0.2, 0) is 6.54 Å². The van der Waals surface area contributed by atoms with Gasteiger partial charge in [-0.1, -0.05) is 0 Å². The Morgan fingerprint density at radius 3 is 3.19 bits per heavy atom. The predicted molar refractivity (Wildman–Crippen MR) is 60.2 cm³/mol. The van der Waals surface area contributed by atoms with E-state index in [9.17, 15) is 4.79 Å². The van der Waals surface area contributed by atoms with E-state index in [1.54, 1.807) is 12.5 Å². The number of hydrogen-bond donors (Lipinski definition) is 2. The molecule has 0 aromatic carbocycles. The number of H-pyrrole nitrogens is 1. The van der Waals surface area contributed by atoms with E-state index in [2.05, 4.69) is 20.3 Å². The van der Waals surface area contributed by atoms with E-state index in [-0.39, 0.29) is 5.56 Å². The van der Waals surface area contributed by atoms with Gasteiger partial charge in [0.25, 0.3) is 5.56 Å². The van der Waals surface area contributed by atoms with Gasteiger partial charge in [0.1, 0.15) is 5.82 Å². The highest BCUT2D eigenvalue weighted by atomic mass is 16.1. The maximum Gasteiger partial charge on any atom is 0.252 e.